The highest BCUT2D eigenvalue weighted by Crippen LogP contribution is 2.13. The highest BCUT2D eigenvalue weighted by molar-refractivity contribution is 5.44. The molecule has 0 aliphatic carbocycles. The van der Waals surface area contributed by atoms with Crippen molar-refractivity contribution < 1.29 is 9.52 Å². The highest BCUT2D eigenvalue weighted by Gasteiger charge is 1.98. The number of furan rings is 1. The van der Waals surface area contributed by atoms with Crippen LogP contribution in [0.1, 0.15) is 17.1 Å². The quantitative estimate of drug-likeness (QED) is 0.831. The van der Waals surface area contributed by atoms with Gasteiger partial charge in [0.1, 0.15) is 11.5 Å². The van der Waals surface area contributed by atoms with E-state index in [0.717, 1.165) is 22.8 Å². The van der Waals surface area contributed by atoms with E-state index in [1.807, 2.05) is 43.3 Å². The Morgan fingerprint density at radius 3 is 2.47 bits per heavy atom. The smallest absolute Gasteiger partial charge is 0.123 e. The minimum Gasteiger partial charge on any atom is -0.465 e. The van der Waals surface area contributed by atoms with Gasteiger partial charge in [-0.25, -0.2) is 0 Å². The van der Waals surface area contributed by atoms with E-state index in [1.165, 1.54) is 0 Å². The second-order valence-corrected chi connectivity index (χ2v) is 4.04. The zero-order valence-corrected chi connectivity index (χ0v) is 9.94. The Hall–Kier alpha value is -1.74. The molecular weight excluding hydrogens is 214 g/mol. The third-order valence-corrected chi connectivity index (χ3v) is 2.62. The van der Waals surface area contributed by atoms with Crippen LogP contribution in [-0.4, -0.2) is 11.7 Å². The van der Waals surface area contributed by atoms with Crippen LogP contribution in [-0.2, 0) is 13.0 Å². The van der Waals surface area contributed by atoms with E-state index >= 15 is 0 Å². The molecule has 2 rings (SSSR count). The first-order chi connectivity index (χ1) is 8.28. The lowest BCUT2D eigenvalue weighted by Crippen LogP contribution is -1.98. The van der Waals surface area contributed by atoms with Gasteiger partial charge in [-0.1, -0.05) is 12.1 Å². The molecule has 2 aromatic rings. The van der Waals surface area contributed by atoms with Crippen molar-refractivity contribution in [1.82, 2.24) is 0 Å². The van der Waals surface area contributed by atoms with Gasteiger partial charge in [-0.2, -0.15) is 0 Å². The summed E-state index contributed by atoms with van der Waals surface area (Å²) >= 11 is 0. The largest absolute Gasteiger partial charge is 0.465 e. The van der Waals surface area contributed by atoms with Gasteiger partial charge in [-0.05, 0) is 43.2 Å². The minimum atomic E-state index is 0.193. The lowest BCUT2D eigenvalue weighted by molar-refractivity contribution is 0.299. The number of benzene rings is 1. The minimum absolute atomic E-state index is 0.193. The van der Waals surface area contributed by atoms with Gasteiger partial charge in [0, 0.05) is 12.3 Å². The van der Waals surface area contributed by atoms with E-state index in [-0.39, 0.29) is 6.61 Å². The van der Waals surface area contributed by atoms with E-state index in [0.29, 0.717) is 13.0 Å². The van der Waals surface area contributed by atoms with Crippen molar-refractivity contribution in [2.75, 3.05) is 11.9 Å². The molecule has 0 atom stereocenters. The van der Waals surface area contributed by atoms with Gasteiger partial charge in [0.15, 0.2) is 0 Å². The Morgan fingerprint density at radius 2 is 1.88 bits per heavy atom. The normalized spacial score (nSPS) is 10.5. The third-order valence-electron chi connectivity index (χ3n) is 2.62. The Balaban J connectivity index is 1.90. The van der Waals surface area contributed by atoms with Crippen LogP contribution in [0.3, 0.4) is 0 Å². The van der Waals surface area contributed by atoms with Gasteiger partial charge >= 0.3 is 0 Å². The molecule has 0 radical (unpaired) electrons. The van der Waals surface area contributed by atoms with Gasteiger partial charge in [0.2, 0.25) is 0 Å². The summed E-state index contributed by atoms with van der Waals surface area (Å²) in [7, 11) is 0. The number of rotatable bonds is 5. The summed E-state index contributed by atoms with van der Waals surface area (Å²) in [6.45, 7) is 2.82. The van der Waals surface area contributed by atoms with E-state index in [1.54, 1.807) is 0 Å². The fourth-order valence-corrected chi connectivity index (χ4v) is 1.69. The molecule has 1 aromatic heterocycles. The van der Waals surface area contributed by atoms with Crippen molar-refractivity contribution in [3.8, 4) is 0 Å². The first-order valence-electron chi connectivity index (χ1n) is 5.77. The zero-order valence-electron chi connectivity index (χ0n) is 9.94. The Morgan fingerprint density at radius 1 is 1.12 bits per heavy atom. The second-order valence-electron chi connectivity index (χ2n) is 4.04. The number of hydrogen-bond acceptors (Lipinski definition) is 3. The Kier molecular flexibility index (Phi) is 3.83. The maximum atomic E-state index is 8.82. The number of aliphatic hydroxyl groups excluding tert-OH is 1. The van der Waals surface area contributed by atoms with E-state index < -0.39 is 0 Å². The molecule has 0 amide bonds. The summed E-state index contributed by atoms with van der Waals surface area (Å²) in [4.78, 5) is 0. The maximum Gasteiger partial charge on any atom is 0.123 e. The first-order valence-corrected chi connectivity index (χ1v) is 5.77. The van der Waals surface area contributed by atoms with Crippen LogP contribution >= 0.6 is 0 Å². The molecule has 1 aromatic carbocycles. The van der Waals surface area contributed by atoms with E-state index in [2.05, 4.69) is 5.32 Å². The first kappa shape index (κ1) is 11.7. The summed E-state index contributed by atoms with van der Waals surface area (Å²) in [5.41, 5.74) is 2.20. The molecule has 3 heteroatoms. The van der Waals surface area contributed by atoms with Crippen LogP contribution in [0, 0.1) is 6.92 Å². The molecule has 0 saturated carbocycles. The summed E-state index contributed by atoms with van der Waals surface area (Å²) in [6, 6.07) is 12.0. The van der Waals surface area contributed by atoms with Crippen LogP contribution in [0.2, 0.25) is 0 Å². The molecule has 2 N–H and O–H groups in total. The van der Waals surface area contributed by atoms with Crippen LogP contribution in [0.5, 0.6) is 0 Å². The van der Waals surface area contributed by atoms with Gasteiger partial charge in [-0.15, -0.1) is 0 Å². The third kappa shape index (κ3) is 3.36. The summed E-state index contributed by atoms with van der Waals surface area (Å²) in [5.74, 6) is 1.86. The fraction of sp³-hybridized carbons (Fsp3) is 0.286. The zero-order chi connectivity index (χ0) is 12.1. The summed E-state index contributed by atoms with van der Waals surface area (Å²) in [6.07, 6.45) is 0.706. The maximum absolute atomic E-state index is 8.82. The monoisotopic (exact) mass is 231 g/mol. The topological polar surface area (TPSA) is 45.4 Å². The van der Waals surface area contributed by atoms with Gasteiger partial charge < -0.3 is 14.8 Å². The lowest BCUT2D eigenvalue weighted by atomic mass is 10.1. The summed E-state index contributed by atoms with van der Waals surface area (Å²) in [5, 5.41) is 12.1. The molecule has 0 unspecified atom stereocenters. The summed E-state index contributed by atoms with van der Waals surface area (Å²) < 4.78 is 5.47. The standard InChI is InChI=1S/C14H17NO2/c1-11-2-7-14(17-11)10-15-13-5-3-12(4-6-13)8-9-16/h2-7,15-16H,8-10H2,1H3. The number of hydrogen-bond donors (Lipinski definition) is 2. The molecule has 0 spiro atoms. The van der Waals surface area contributed by atoms with Gasteiger partial charge in [-0.3, -0.25) is 0 Å². The van der Waals surface area contributed by atoms with Gasteiger partial charge in [0.25, 0.3) is 0 Å². The van der Waals surface area contributed by atoms with Crippen LogP contribution in [0.25, 0.3) is 0 Å². The molecule has 17 heavy (non-hydrogen) atoms. The molecule has 90 valence electrons. The van der Waals surface area contributed by atoms with Crippen molar-refractivity contribution in [3.63, 3.8) is 0 Å². The molecule has 0 saturated heterocycles. The van der Waals surface area contributed by atoms with Crippen LogP contribution < -0.4 is 5.32 Å². The number of nitrogens with one attached hydrogen (secondary N) is 1. The van der Waals surface area contributed by atoms with Crippen LogP contribution in [0.4, 0.5) is 5.69 Å². The second kappa shape index (κ2) is 5.55. The average molecular weight is 231 g/mol. The number of anilines is 1. The SMILES string of the molecule is Cc1ccc(CNc2ccc(CCO)cc2)o1. The average Bonchev–Trinajstić information content (AvgIpc) is 2.75. The van der Waals surface area contributed by atoms with Crippen LogP contribution in [0.15, 0.2) is 40.8 Å². The molecule has 1 heterocycles. The molecular formula is C14H17NO2. The lowest BCUT2D eigenvalue weighted by Gasteiger charge is -2.05. The molecule has 0 aliphatic rings. The highest BCUT2D eigenvalue weighted by atomic mass is 16.3. The Labute approximate surface area is 101 Å². The number of aryl methyl sites for hydroxylation is 1. The van der Waals surface area contributed by atoms with Crippen molar-refractivity contribution >= 4 is 5.69 Å². The molecule has 3 nitrogen and oxygen atoms in total. The van der Waals surface area contributed by atoms with Crippen molar-refractivity contribution in [3.05, 3.63) is 53.5 Å². The van der Waals surface area contributed by atoms with E-state index in [4.69, 9.17) is 9.52 Å². The van der Waals surface area contributed by atoms with Crippen molar-refractivity contribution in [1.29, 1.82) is 0 Å². The molecule has 0 fully saturated rings. The molecule has 0 bridgehead atoms. The van der Waals surface area contributed by atoms with Crippen molar-refractivity contribution in [2.24, 2.45) is 0 Å². The predicted octanol–water partition coefficient (Wildman–Crippen LogP) is 2.73. The van der Waals surface area contributed by atoms with Crippen molar-refractivity contribution in [2.45, 2.75) is 19.9 Å². The molecule has 0 aliphatic heterocycles. The Bertz CT molecular complexity index is 459. The van der Waals surface area contributed by atoms with Gasteiger partial charge in [0.05, 0.1) is 6.54 Å². The predicted molar refractivity (Wildman–Crippen MR) is 68.0 cm³/mol. The fourth-order valence-electron chi connectivity index (χ4n) is 1.69. The number of aliphatic hydroxyl groups is 1. The van der Waals surface area contributed by atoms with E-state index in [9.17, 15) is 0 Å².